The van der Waals surface area contributed by atoms with Gasteiger partial charge in [-0.1, -0.05) is 36.4 Å². The number of ether oxygens (including phenoxy) is 3. The number of nitrogen functional groups attached to an aromatic ring is 1. The number of anilines is 1. The molecule has 1 atom stereocenters. The van der Waals surface area contributed by atoms with E-state index in [0.29, 0.717) is 21.9 Å². The van der Waals surface area contributed by atoms with Gasteiger partial charge in [0.2, 0.25) is 0 Å². The lowest BCUT2D eigenvalue weighted by molar-refractivity contribution is 0.0526. The van der Waals surface area contributed by atoms with Gasteiger partial charge in [-0.2, -0.15) is 0 Å². The first-order valence-electron chi connectivity index (χ1n) is 11.2. The lowest BCUT2D eigenvalue weighted by atomic mass is 10.1. The Bertz CT molecular complexity index is 1370. The third kappa shape index (κ3) is 6.00. The summed E-state index contributed by atoms with van der Waals surface area (Å²) in [4.78, 5) is 24.9. The Hall–Kier alpha value is -4.37. The summed E-state index contributed by atoms with van der Waals surface area (Å²) in [5.41, 5.74) is 7.37. The third-order valence-electron chi connectivity index (χ3n) is 5.24. The Balaban J connectivity index is 1.46. The second-order valence-electron chi connectivity index (χ2n) is 7.73. The van der Waals surface area contributed by atoms with Crippen LogP contribution in [0.4, 0.5) is 10.5 Å². The van der Waals surface area contributed by atoms with E-state index in [1.807, 2.05) is 54.6 Å². The number of nitrogens with two attached hydrogens (primary N) is 1. The van der Waals surface area contributed by atoms with Gasteiger partial charge in [0.25, 0.3) is 0 Å². The number of hydrogen-bond acceptors (Lipinski definition) is 7. The van der Waals surface area contributed by atoms with E-state index in [-0.39, 0.29) is 19.0 Å². The van der Waals surface area contributed by atoms with Crippen LogP contribution < -0.4 is 15.8 Å². The molecule has 1 unspecified atom stereocenters. The number of carbonyl (C=O) groups excluding carboxylic acids is 2. The molecular weight excluding hydrogens is 478 g/mol. The fourth-order valence-corrected chi connectivity index (χ4v) is 4.44. The Morgan fingerprint density at radius 1 is 1.00 bits per heavy atom. The maximum atomic E-state index is 12.5. The summed E-state index contributed by atoms with van der Waals surface area (Å²) in [6.45, 7) is 1.98. The van der Waals surface area contributed by atoms with E-state index in [2.05, 4.69) is 5.32 Å². The van der Waals surface area contributed by atoms with Crippen LogP contribution in [0.15, 0.2) is 78.9 Å². The average Bonchev–Trinajstić information content (AvgIpc) is 3.33. The van der Waals surface area contributed by atoms with E-state index in [1.165, 1.54) is 11.3 Å². The molecule has 4 rings (SSSR count). The molecule has 4 aromatic rings. The molecule has 0 saturated heterocycles. The zero-order chi connectivity index (χ0) is 25.5. The molecule has 9 heteroatoms. The van der Waals surface area contributed by atoms with Crippen LogP contribution in [0, 0.1) is 5.41 Å². The molecule has 36 heavy (non-hydrogen) atoms. The van der Waals surface area contributed by atoms with Crippen LogP contribution in [0.1, 0.15) is 33.8 Å². The number of thiophene rings is 1. The van der Waals surface area contributed by atoms with Gasteiger partial charge in [0.05, 0.1) is 17.0 Å². The summed E-state index contributed by atoms with van der Waals surface area (Å²) < 4.78 is 17.7. The molecule has 0 saturated carbocycles. The molecule has 3 aromatic carbocycles. The van der Waals surface area contributed by atoms with Gasteiger partial charge in [0.15, 0.2) is 6.10 Å². The minimum absolute atomic E-state index is 0.00273. The van der Waals surface area contributed by atoms with Gasteiger partial charge in [0.1, 0.15) is 18.2 Å². The second-order valence-corrected chi connectivity index (χ2v) is 8.81. The highest BCUT2D eigenvalue weighted by atomic mass is 32.1. The van der Waals surface area contributed by atoms with Crippen molar-refractivity contribution in [3.63, 3.8) is 0 Å². The van der Waals surface area contributed by atoms with Crippen molar-refractivity contribution in [1.29, 1.82) is 5.41 Å². The average molecular weight is 504 g/mol. The number of carbonyl (C=O) groups is 2. The van der Waals surface area contributed by atoms with Crippen LogP contribution in [-0.2, 0) is 9.47 Å². The van der Waals surface area contributed by atoms with Crippen LogP contribution in [-0.4, -0.2) is 31.1 Å². The lowest BCUT2D eigenvalue weighted by Crippen LogP contribution is -2.21. The molecule has 1 amide bonds. The first-order valence-corrected chi connectivity index (χ1v) is 12.1. The Labute approximate surface area is 212 Å². The van der Waals surface area contributed by atoms with Crippen molar-refractivity contribution in [2.24, 2.45) is 5.73 Å². The molecule has 0 radical (unpaired) electrons. The van der Waals surface area contributed by atoms with E-state index in [0.717, 1.165) is 15.6 Å². The quantitative estimate of drug-likeness (QED) is 0.152. The molecule has 0 aliphatic carbocycles. The number of amidine groups is 1. The minimum Gasteiger partial charge on any atom is -0.481 e. The van der Waals surface area contributed by atoms with E-state index in [4.69, 9.17) is 25.4 Å². The smallest absolute Gasteiger partial charge is 0.411 e. The van der Waals surface area contributed by atoms with Gasteiger partial charge in [-0.05, 0) is 55.0 Å². The number of esters is 1. The number of benzene rings is 3. The van der Waals surface area contributed by atoms with Crippen molar-refractivity contribution in [1.82, 2.24) is 0 Å². The highest BCUT2D eigenvalue weighted by Gasteiger charge is 2.19. The number of rotatable bonds is 9. The molecule has 0 aliphatic heterocycles. The molecule has 1 heterocycles. The molecule has 0 bridgehead atoms. The van der Waals surface area contributed by atoms with Crippen molar-refractivity contribution in [2.45, 2.75) is 13.0 Å². The molecule has 1 aromatic heterocycles. The maximum Gasteiger partial charge on any atom is 0.411 e. The Morgan fingerprint density at radius 3 is 2.44 bits per heavy atom. The van der Waals surface area contributed by atoms with Gasteiger partial charge >= 0.3 is 12.1 Å². The van der Waals surface area contributed by atoms with Gasteiger partial charge < -0.3 is 19.9 Å². The largest absolute Gasteiger partial charge is 0.481 e. The summed E-state index contributed by atoms with van der Waals surface area (Å²) >= 11 is 1.41. The zero-order valence-corrected chi connectivity index (χ0v) is 20.3. The molecule has 4 N–H and O–H groups in total. The predicted octanol–water partition coefficient (Wildman–Crippen LogP) is 5.73. The topological polar surface area (TPSA) is 124 Å². The van der Waals surface area contributed by atoms with Gasteiger partial charge in [-0.3, -0.25) is 10.7 Å². The summed E-state index contributed by atoms with van der Waals surface area (Å²) in [5.74, 6) is 0.172. The van der Waals surface area contributed by atoms with Crippen LogP contribution in [0.25, 0.3) is 10.1 Å². The van der Waals surface area contributed by atoms with E-state index < -0.39 is 18.2 Å². The summed E-state index contributed by atoms with van der Waals surface area (Å²) in [6.07, 6.45) is -1.23. The fraction of sp³-hybridized carbons (Fsp3) is 0.148. The molecule has 8 nitrogen and oxygen atoms in total. The van der Waals surface area contributed by atoms with Gasteiger partial charge in [-0.25, -0.2) is 9.59 Å². The van der Waals surface area contributed by atoms with E-state index in [9.17, 15) is 9.59 Å². The highest BCUT2D eigenvalue weighted by molar-refractivity contribution is 7.20. The Kier molecular flexibility index (Phi) is 7.82. The summed E-state index contributed by atoms with van der Waals surface area (Å²) in [5, 5.41) is 11.2. The molecule has 0 fully saturated rings. The van der Waals surface area contributed by atoms with Crippen LogP contribution >= 0.6 is 11.3 Å². The molecule has 0 spiro atoms. The number of hydrogen-bond donors (Lipinski definition) is 3. The summed E-state index contributed by atoms with van der Waals surface area (Å²) in [7, 11) is 0. The molecule has 184 valence electrons. The van der Waals surface area contributed by atoms with E-state index >= 15 is 0 Å². The molecule has 0 aliphatic rings. The highest BCUT2D eigenvalue weighted by Crippen LogP contribution is 2.35. The number of nitrogens with one attached hydrogen (secondary N) is 2. The third-order valence-corrected chi connectivity index (χ3v) is 6.37. The normalized spacial score (nSPS) is 11.5. The number of amides is 1. The first kappa shape index (κ1) is 24.7. The van der Waals surface area contributed by atoms with E-state index in [1.54, 1.807) is 31.2 Å². The zero-order valence-electron chi connectivity index (χ0n) is 19.5. The van der Waals surface area contributed by atoms with Crippen molar-refractivity contribution in [2.75, 3.05) is 18.5 Å². The van der Waals surface area contributed by atoms with Crippen molar-refractivity contribution in [3.8, 4) is 5.75 Å². The van der Waals surface area contributed by atoms with Crippen molar-refractivity contribution in [3.05, 3.63) is 94.9 Å². The first-order chi connectivity index (χ1) is 17.4. The van der Waals surface area contributed by atoms with Crippen LogP contribution in [0.3, 0.4) is 0 Å². The van der Waals surface area contributed by atoms with Crippen molar-refractivity contribution >= 4 is 45.0 Å². The Morgan fingerprint density at radius 2 is 1.75 bits per heavy atom. The monoisotopic (exact) mass is 503 g/mol. The summed E-state index contributed by atoms with van der Waals surface area (Å²) in [6, 6.07) is 23.3. The lowest BCUT2D eigenvalue weighted by Gasteiger charge is -2.20. The fourth-order valence-electron chi connectivity index (χ4n) is 3.50. The number of fused-ring (bicyclic) bond motifs is 1. The van der Waals surface area contributed by atoms with Gasteiger partial charge in [0, 0.05) is 15.8 Å². The standard InChI is InChI=1S/C27H25N3O5S/c1-2-33-26(31)18-11-13-19(14-12-18)30-27(32)34-16-22(17-7-4-3-5-8-17)35-21-9-6-10-23-20(21)15-24(36-23)25(28)29/h3-15,22H,2,16H2,1H3,(H3,28,29)(H,30,32). The molecular formula is C27H25N3O5S. The second kappa shape index (κ2) is 11.4. The SMILES string of the molecule is CCOC(=O)c1ccc(NC(=O)OCC(Oc2cccc3sc(C(=N)N)cc23)c2ccccc2)cc1. The van der Waals surface area contributed by atoms with Gasteiger partial charge in [-0.15, -0.1) is 11.3 Å². The van der Waals surface area contributed by atoms with Crippen LogP contribution in [0.5, 0.6) is 5.75 Å². The minimum atomic E-state index is -0.656. The maximum absolute atomic E-state index is 12.5. The van der Waals surface area contributed by atoms with Crippen molar-refractivity contribution < 1.29 is 23.8 Å². The van der Waals surface area contributed by atoms with Crippen LogP contribution in [0.2, 0.25) is 0 Å². The predicted molar refractivity (Wildman–Crippen MR) is 140 cm³/mol.